The van der Waals surface area contributed by atoms with Gasteiger partial charge in [0.05, 0.1) is 31.8 Å². The SMILES string of the molecule is CCCCOc1ccc(C[N+]2(C)C3CCC2CC(O)C3)cc1. The largest absolute Gasteiger partial charge is 0.494 e. The lowest BCUT2D eigenvalue weighted by Crippen LogP contribution is -2.57. The average molecular weight is 304 g/mol. The highest BCUT2D eigenvalue weighted by molar-refractivity contribution is 5.27. The number of benzene rings is 1. The summed E-state index contributed by atoms with van der Waals surface area (Å²) in [4.78, 5) is 0. The second-order valence-electron chi connectivity index (χ2n) is 7.36. The highest BCUT2D eigenvalue weighted by Gasteiger charge is 2.50. The van der Waals surface area contributed by atoms with Crippen LogP contribution in [-0.2, 0) is 6.54 Å². The molecule has 1 aromatic carbocycles. The topological polar surface area (TPSA) is 29.5 Å². The van der Waals surface area contributed by atoms with Gasteiger partial charge in [0, 0.05) is 31.2 Å². The number of rotatable bonds is 6. The zero-order valence-electron chi connectivity index (χ0n) is 14.0. The van der Waals surface area contributed by atoms with Gasteiger partial charge < -0.3 is 14.3 Å². The minimum absolute atomic E-state index is 0.0713. The van der Waals surface area contributed by atoms with Gasteiger partial charge in [-0.1, -0.05) is 13.3 Å². The Kier molecular flexibility index (Phi) is 4.74. The molecule has 0 amide bonds. The van der Waals surface area contributed by atoms with Gasteiger partial charge in [0.15, 0.2) is 0 Å². The van der Waals surface area contributed by atoms with Gasteiger partial charge in [0.25, 0.3) is 0 Å². The molecular weight excluding hydrogens is 274 g/mol. The normalized spacial score (nSPS) is 33.9. The van der Waals surface area contributed by atoms with Crippen LogP contribution >= 0.6 is 0 Å². The molecule has 0 aliphatic carbocycles. The predicted molar refractivity (Wildman–Crippen MR) is 88.8 cm³/mol. The number of unbranched alkanes of at least 4 members (excludes halogenated alkanes) is 1. The van der Waals surface area contributed by atoms with Crippen LogP contribution in [0.3, 0.4) is 0 Å². The minimum atomic E-state index is -0.0713. The van der Waals surface area contributed by atoms with Crippen molar-refractivity contribution < 1.29 is 14.3 Å². The number of piperidine rings is 1. The molecule has 3 nitrogen and oxygen atoms in total. The zero-order valence-corrected chi connectivity index (χ0v) is 14.0. The Hall–Kier alpha value is -1.06. The third-order valence-corrected chi connectivity index (χ3v) is 5.80. The summed E-state index contributed by atoms with van der Waals surface area (Å²) in [5.41, 5.74) is 1.39. The van der Waals surface area contributed by atoms with E-state index in [2.05, 4.69) is 38.2 Å². The van der Waals surface area contributed by atoms with Crippen molar-refractivity contribution in [2.75, 3.05) is 13.7 Å². The molecule has 2 saturated heterocycles. The molecule has 0 aromatic heterocycles. The first kappa shape index (κ1) is 15.8. The molecule has 1 aromatic rings. The average Bonchev–Trinajstić information content (AvgIpc) is 2.68. The van der Waals surface area contributed by atoms with Gasteiger partial charge in [-0.15, -0.1) is 0 Å². The molecule has 2 unspecified atom stereocenters. The Bertz CT molecular complexity index is 471. The third-order valence-electron chi connectivity index (χ3n) is 5.80. The number of ether oxygens (including phenoxy) is 1. The number of fused-ring (bicyclic) bond motifs is 2. The molecule has 0 saturated carbocycles. The van der Waals surface area contributed by atoms with E-state index < -0.39 is 0 Å². The van der Waals surface area contributed by atoms with Gasteiger partial charge in [-0.05, 0) is 30.7 Å². The summed E-state index contributed by atoms with van der Waals surface area (Å²) in [6, 6.07) is 9.92. The summed E-state index contributed by atoms with van der Waals surface area (Å²) in [6.07, 6.45) is 6.71. The van der Waals surface area contributed by atoms with Gasteiger partial charge >= 0.3 is 0 Å². The predicted octanol–water partition coefficient (Wildman–Crippen LogP) is 3.50. The van der Waals surface area contributed by atoms with Crippen molar-refractivity contribution in [1.29, 1.82) is 0 Å². The minimum Gasteiger partial charge on any atom is -0.494 e. The summed E-state index contributed by atoms with van der Waals surface area (Å²) in [7, 11) is 2.39. The lowest BCUT2D eigenvalue weighted by molar-refractivity contribution is -0.961. The molecule has 22 heavy (non-hydrogen) atoms. The lowest BCUT2D eigenvalue weighted by atomic mass is 9.96. The van der Waals surface area contributed by atoms with Gasteiger partial charge in [-0.2, -0.15) is 0 Å². The van der Waals surface area contributed by atoms with Crippen molar-refractivity contribution in [3.05, 3.63) is 29.8 Å². The lowest BCUT2D eigenvalue weighted by Gasteiger charge is -2.46. The van der Waals surface area contributed by atoms with Crippen LogP contribution in [0.15, 0.2) is 24.3 Å². The summed E-state index contributed by atoms with van der Waals surface area (Å²) < 4.78 is 6.87. The van der Waals surface area contributed by atoms with E-state index >= 15 is 0 Å². The first-order valence-corrected chi connectivity index (χ1v) is 8.86. The van der Waals surface area contributed by atoms with E-state index in [4.69, 9.17) is 4.74 Å². The van der Waals surface area contributed by atoms with Gasteiger partial charge in [0.2, 0.25) is 0 Å². The van der Waals surface area contributed by atoms with Crippen LogP contribution in [0.4, 0.5) is 0 Å². The maximum absolute atomic E-state index is 10.0. The van der Waals surface area contributed by atoms with E-state index in [0.717, 1.165) is 42.6 Å². The van der Waals surface area contributed by atoms with Crippen LogP contribution in [0.5, 0.6) is 5.75 Å². The van der Waals surface area contributed by atoms with Crippen molar-refractivity contribution in [2.24, 2.45) is 0 Å². The van der Waals surface area contributed by atoms with E-state index in [1.54, 1.807) is 0 Å². The number of aliphatic hydroxyl groups is 1. The van der Waals surface area contributed by atoms with Crippen molar-refractivity contribution in [3.8, 4) is 5.75 Å². The Morgan fingerprint density at radius 1 is 1.14 bits per heavy atom. The molecule has 1 N–H and O–H groups in total. The second kappa shape index (κ2) is 6.59. The number of quaternary nitrogens is 1. The van der Waals surface area contributed by atoms with Crippen LogP contribution in [0.25, 0.3) is 0 Å². The van der Waals surface area contributed by atoms with Gasteiger partial charge in [0.1, 0.15) is 12.3 Å². The van der Waals surface area contributed by atoms with Gasteiger partial charge in [-0.3, -0.25) is 0 Å². The second-order valence-corrected chi connectivity index (χ2v) is 7.36. The van der Waals surface area contributed by atoms with Crippen LogP contribution in [-0.4, -0.2) is 41.4 Å². The van der Waals surface area contributed by atoms with Crippen LogP contribution in [0.1, 0.15) is 51.0 Å². The summed E-state index contributed by atoms with van der Waals surface area (Å²) >= 11 is 0. The number of hydrogen-bond acceptors (Lipinski definition) is 2. The fourth-order valence-corrected chi connectivity index (χ4v) is 4.39. The summed E-state index contributed by atoms with van der Waals surface area (Å²) in [6.45, 7) is 4.07. The molecule has 2 heterocycles. The molecule has 2 bridgehead atoms. The quantitative estimate of drug-likeness (QED) is 0.644. The molecule has 0 spiro atoms. The smallest absolute Gasteiger partial charge is 0.119 e. The van der Waals surface area contributed by atoms with Crippen molar-refractivity contribution in [2.45, 2.75) is 70.2 Å². The number of aliphatic hydroxyl groups excluding tert-OH is 1. The van der Waals surface area contributed by atoms with Crippen LogP contribution in [0.2, 0.25) is 0 Å². The highest BCUT2D eigenvalue weighted by Crippen LogP contribution is 2.42. The Labute approximate surface area is 134 Å². The fourth-order valence-electron chi connectivity index (χ4n) is 4.39. The van der Waals surface area contributed by atoms with E-state index in [1.807, 2.05) is 0 Å². The summed E-state index contributed by atoms with van der Waals surface area (Å²) in [5.74, 6) is 0.983. The Morgan fingerprint density at radius 3 is 2.36 bits per heavy atom. The molecule has 2 atom stereocenters. The third kappa shape index (κ3) is 3.16. The van der Waals surface area contributed by atoms with E-state index in [9.17, 15) is 5.11 Å². The van der Waals surface area contributed by atoms with E-state index in [1.165, 1.54) is 24.8 Å². The van der Waals surface area contributed by atoms with E-state index in [0.29, 0.717) is 12.1 Å². The van der Waals surface area contributed by atoms with Crippen molar-refractivity contribution >= 4 is 0 Å². The monoisotopic (exact) mass is 304 g/mol. The number of hydrogen-bond donors (Lipinski definition) is 1. The molecular formula is C19H30NO2+. The van der Waals surface area contributed by atoms with Crippen molar-refractivity contribution in [3.63, 3.8) is 0 Å². The standard InChI is InChI=1S/C19H30NO2/c1-3-4-11-22-19-9-5-15(6-10-19)14-20(2)16-7-8-17(20)13-18(21)12-16/h5-6,9-10,16-18,21H,3-4,7-8,11-14H2,1-2H3/q+1. The maximum atomic E-state index is 10.0. The molecule has 3 rings (SSSR count). The van der Waals surface area contributed by atoms with Gasteiger partial charge in [-0.25, -0.2) is 0 Å². The number of nitrogens with zero attached hydrogens (tertiary/aromatic N) is 1. The fraction of sp³-hybridized carbons (Fsp3) is 0.684. The first-order valence-electron chi connectivity index (χ1n) is 8.86. The molecule has 122 valence electrons. The zero-order chi connectivity index (χ0) is 15.6. The van der Waals surface area contributed by atoms with Crippen molar-refractivity contribution in [1.82, 2.24) is 0 Å². The first-order chi connectivity index (χ1) is 10.6. The van der Waals surface area contributed by atoms with Crippen LogP contribution < -0.4 is 4.74 Å². The van der Waals surface area contributed by atoms with Crippen LogP contribution in [0, 0.1) is 0 Å². The molecule has 2 aliphatic heterocycles. The maximum Gasteiger partial charge on any atom is 0.119 e. The van der Waals surface area contributed by atoms with E-state index in [-0.39, 0.29) is 6.10 Å². The molecule has 2 fully saturated rings. The molecule has 2 aliphatic rings. The molecule has 0 radical (unpaired) electrons. The summed E-state index contributed by atoms with van der Waals surface area (Å²) in [5, 5.41) is 10.0. The Balaban J connectivity index is 1.63. The highest BCUT2D eigenvalue weighted by atomic mass is 16.5. The Morgan fingerprint density at radius 2 is 1.77 bits per heavy atom. The molecule has 3 heteroatoms.